The molecule has 1 aromatic heterocycles. The van der Waals surface area contributed by atoms with Crippen molar-refractivity contribution in [3.63, 3.8) is 0 Å². The summed E-state index contributed by atoms with van der Waals surface area (Å²) in [5.74, 6) is -2.31. The van der Waals surface area contributed by atoms with E-state index >= 15 is 0 Å². The van der Waals surface area contributed by atoms with E-state index in [1.807, 2.05) is 53.1 Å². The first-order chi connectivity index (χ1) is 18.8. The van der Waals surface area contributed by atoms with Gasteiger partial charge in [-0.2, -0.15) is 0 Å². The monoisotopic (exact) mass is 552 g/mol. The molecule has 2 aromatic carbocycles. The van der Waals surface area contributed by atoms with Gasteiger partial charge in [0, 0.05) is 36.5 Å². The zero-order valence-electron chi connectivity index (χ0n) is 22.2. The Balaban J connectivity index is 1.65. The fourth-order valence-corrected chi connectivity index (χ4v) is 6.25. The van der Waals surface area contributed by atoms with Gasteiger partial charge in [0.2, 0.25) is 5.79 Å². The van der Waals surface area contributed by atoms with Crippen molar-refractivity contribution >= 4 is 40.4 Å². The van der Waals surface area contributed by atoms with E-state index in [0.29, 0.717) is 36.0 Å². The zero-order valence-corrected chi connectivity index (χ0v) is 23.0. The first kappa shape index (κ1) is 27.3. The lowest BCUT2D eigenvalue weighted by Crippen LogP contribution is -2.53. The van der Waals surface area contributed by atoms with Crippen molar-refractivity contribution in [2.24, 2.45) is 11.8 Å². The van der Waals surface area contributed by atoms with E-state index in [-0.39, 0.29) is 12.8 Å². The van der Waals surface area contributed by atoms with Crippen molar-refractivity contribution in [1.82, 2.24) is 9.47 Å². The topological polar surface area (TPSA) is 99.5 Å². The highest BCUT2D eigenvalue weighted by atomic mass is 32.1. The molecule has 0 amide bonds. The first-order valence-electron chi connectivity index (χ1n) is 12.8. The maximum Gasteiger partial charge on any atom is 0.315 e. The number of aldehydes is 1. The largest absolute Gasteiger partial charge is 0.497 e. The number of piperidine rings is 1. The summed E-state index contributed by atoms with van der Waals surface area (Å²) in [7, 11) is 4.60. The Hall–Kier alpha value is -3.31. The van der Waals surface area contributed by atoms with Gasteiger partial charge >= 0.3 is 5.97 Å². The van der Waals surface area contributed by atoms with Crippen molar-refractivity contribution in [2.75, 3.05) is 34.5 Å². The predicted octanol–water partition coefficient (Wildman–Crippen LogP) is 3.49. The number of likely N-dealkylation sites (tertiary alicyclic amines) is 1. The quantitative estimate of drug-likeness (QED) is 0.256. The number of carbonyl (C=O) groups excluding carboxylic acids is 2. The van der Waals surface area contributed by atoms with Gasteiger partial charge in [-0.15, -0.1) is 0 Å². The highest BCUT2D eigenvalue weighted by Gasteiger charge is 2.51. The Bertz CT molecular complexity index is 1380. The summed E-state index contributed by atoms with van der Waals surface area (Å²) in [4.78, 5) is 27.4. The van der Waals surface area contributed by atoms with Gasteiger partial charge in [0.1, 0.15) is 17.9 Å². The molecule has 0 radical (unpaired) electrons. The van der Waals surface area contributed by atoms with Crippen molar-refractivity contribution in [2.45, 2.75) is 31.4 Å². The number of hydrogen-bond donors (Lipinski definition) is 1. The first-order valence-corrected chi connectivity index (χ1v) is 13.2. The van der Waals surface area contributed by atoms with E-state index in [1.54, 1.807) is 14.2 Å². The summed E-state index contributed by atoms with van der Waals surface area (Å²) < 4.78 is 25.2. The van der Waals surface area contributed by atoms with Crippen LogP contribution in [0.15, 0.2) is 48.5 Å². The van der Waals surface area contributed by atoms with E-state index in [2.05, 4.69) is 0 Å². The molecule has 206 valence electrons. The number of carbonyl (C=O) groups is 2. The van der Waals surface area contributed by atoms with Gasteiger partial charge in [0.15, 0.2) is 6.29 Å². The molecule has 2 saturated heterocycles. The van der Waals surface area contributed by atoms with Crippen molar-refractivity contribution < 1.29 is 33.6 Å². The van der Waals surface area contributed by atoms with Gasteiger partial charge in [-0.05, 0) is 36.1 Å². The third-order valence-corrected chi connectivity index (χ3v) is 8.32. The summed E-state index contributed by atoms with van der Waals surface area (Å²) in [5.41, 5.74) is 2.89. The Labute approximate surface area is 232 Å². The molecule has 3 atom stereocenters. The molecular formula is C29H32N2O7S. The summed E-state index contributed by atoms with van der Waals surface area (Å²) in [6.07, 6.45) is 0.399. The third kappa shape index (κ3) is 4.82. The van der Waals surface area contributed by atoms with E-state index in [4.69, 9.17) is 31.2 Å². The second kappa shape index (κ2) is 11.1. The van der Waals surface area contributed by atoms with Crippen LogP contribution in [0.4, 0.5) is 0 Å². The van der Waals surface area contributed by atoms with Crippen LogP contribution < -0.4 is 4.74 Å². The van der Waals surface area contributed by atoms with E-state index in [1.165, 1.54) is 12.0 Å². The highest BCUT2D eigenvalue weighted by molar-refractivity contribution is 7.80. The standard InChI is InChI=1S/C29H32N2O7S/c1-30-24(33)14-19(25(27(30)39)28(34)36-3)15-29(37-12-13-38-29)26-22(17-32)21-6-4-5-7-23(21)31(26)16-18-8-10-20(35-2)11-9-18/h4-11,17,19,24-25,33H,12-16H2,1-3H3/t19-,24?,25?/m0/s1. The Morgan fingerprint density at radius 1 is 1.15 bits per heavy atom. The SMILES string of the molecule is COC(=O)C1C(=S)N(C)C(O)C[C@H]1CC1(c2c(C=O)c3ccccc3n2Cc2ccc(OC)cc2)OCCO1. The molecule has 2 unspecified atom stereocenters. The molecule has 2 aliphatic rings. The number of nitrogens with zero attached hydrogens (tertiary/aromatic N) is 2. The maximum absolute atomic E-state index is 12.9. The van der Waals surface area contributed by atoms with Crippen molar-refractivity contribution in [3.8, 4) is 5.75 Å². The molecule has 1 N–H and O–H groups in total. The van der Waals surface area contributed by atoms with Crippen LogP contribution >= 0.6 is 12.2 Å². The number of aromatic nitrogens is 1. The van der Waals surface area contributed by atoms with Gasteiger partial charge in [-0.3, -0.25) is 9.59 Å². The molecule has 2 aliphatic heterocycles. The number of benzene rings is 2. The Morgan fingerprint density at radius 2 is 1.85 bits per heavy atom. The Kier molecular flexibility index (Phi) is 7.73. The molecular weight excluding hydrogens is 520 g/mol. The third-order valence-electron chi connectivity index (χ3n) is 7.77. The molecule has 5 rings (SSSR count). The fourth-order valence-electron chi connectivity index (χ4n) is 5.84. The fraction of sp³-hybridized carbons (Fsp3) is 0.414. The normalized spacial score (nSPS) is 22.7. The lowest BCUT2D eigenvalue weighted by Gasteiger charge is -2.43. The molecule has 0 spiro atoms. The minimum atomic E-state index is -1.34. The van der Waals surface area contributed by atoms with Gasteiger partial charge in [0.05, 0.1) is 38.1 Å². The number of ether oxygens (including phenoxy) is 4. The average molecular weight is 553 g/mol. The van der Waals surface area contributed by atoms with E-state index in [0.717, 1.165) is 28.5 Å². The van der Waals surface area contributed by atoms with Crippen LogP contribution in [0.5, 0.6) is 5.75 Å². The average Bonchev–Trinajstić information content (AvgIpc) is 3.55. The summed E-state index contributed by atoms with van der Waals surface area (Å²) >= 11 is 5.59. The second-order valence-corrected chi connectivity index (χ2v) is 10.3. The number of esters is 1. The van der Waals surface area contributed by atoms with Gasteiger partial charge < -0.3 is 33.5 Å². The number of methoxy groups -OCH3 is 2. The van der Waals surface area contributed by atoms with Crippen molar-refractivity contribution in [1.29, 1.82) is 0 Å². The van der Waals surface area contributed by atoms with E-state index < -0.39 is 29.8 Å². The van der Waals surface area contributed by atoms with Crippen LogP contribution in [0, 0.1) is 11.8 Å². The van der Waals surface area contributed by atoms with E-state index in [9.17, 15) is 14.7 Å². The van der Waals surface area contributed by atoms with Gasteiger partial charge in [0.25, 0.3) is 0 Å². The highest BCUT2D eigenvalue weighted by Crippen LogP contribution is 2.46. The second-order valence-electron chi connectivity index (χ2n) is 9.91. The number of aliphatic hydroxyl groups excluding tert-OH is 1. The van der Waals surface area contributed by atoms with Crippen LogP contribution in [0.1, 0.15) is 34.5 Å². The molecule has 3 aromatic rings. The molecule has 9 nitrogen and oxygen atoms in total. The number of fused-ring (bicyclic) bond motifs is 1. The molecule has 0 saturated carbocycles. The van der Waals surface area contributed by atoms with Gasteiger partial charge in [-0.1, -0.05) is 42.5 Å². The maximum atomic E-state index is 12.9. The minimum Gasteiger partial charge on any atom is -0.497 e. The van der Waals surface area contributed by atoms with Crippen LogP contribution in [0.3, 0.4) is 0 Å². The minimum absolute atomic E-state index is 0.192. The molecule has 3 heterocycles. The molecule has 10 heteroatoms. The Morgan fingerprint density at radius 3 is 2.49 bits per heavy atom. The molecule has 0 aliphatic carbocycles. The number of thiocarbonyl (C=S) groups is 1. The van der Waals surface area contributed by atoms with Crippen molar-refractivity contribution in [3.05, 3.63) is 65.4 Å². The number of para-hydroxylation sites is 1. The number of hydrogen-bond acceptors (Lipinski definition) is 8. The number of rotatable bonds is 8. The summed E-state index contributed by atoms with van der Waals surface area (Å²) in [5, 5.41) is 11.5. The number of aliphatic hydroxyl groups is 1. The smallest absolute Gasteiger partial charge is 0.315 e. The van der Waals surface area contributed by atoms with Crippen LogP contribution in [-0.2, 0) is 31.3 Å². The van der Waals surface area contributed by atoms with Crippen LogP contribution in [-0.4, -0.2) is 72.5 Å². The summed E-state index contributed by atoms with van der Waals surface area (Å²) in [6, 6.07) is 15.4. The van der Waals surface area contributed by atoms with Crippen LogP contribution in [0.25, 0.3) is 10.9 Å². The molecule has 39 heavy (non-hydrogen) atoms. The molecule has 2 fully saturated rings. The van der Waals surface area contributed by atoms with Gasteiger partial charge in [-0.25, -0.2) is 0 Å². The lowest BCUT2D eigenvalue weighted by molar-refractivity contribution is -0.191. The lowest BCUT2D eigenvalue weighted by atomic mass is 9.79. The zero-order chi connectivity index (χ0) is 27.7. The van der Waals surface area contributed by atoms with Crippen LogP contribution in [0.2, 0.25) is 0 Å². The summed E-state index contributed by atoms with van der Waals surface area (Å²) in [6.45, 7) is 1.06. The predicted molar refractivity (Wildman–Crippen MR) is 148 cm³/mol. The molecule has 0 bridgehead atoms.